The van der Waals surface area contributed by atoms with Gasteiger partial charge >= 0.3 is 0 Å². The number of carbonyl (C=O) groups is 1. The Hall–Kier alpha value is -2.46. The van der Waals surface area contributed by atoms with Crippen molar-refractivity contribution in [3.05, 3.63) is 76.4 Å². The first kappa shape index (κ1) is 22.7. The fourth-order valence-corrected chi connectivity index (χ4v) is 5.61. The number of nitrogens with zero attached hydrogens (tertiary/aromatic N) is 1. The van der Waals surface area contributed by atoms with Crippen LogP contribution in [-0.2, 0) is 16.4 Å². The molecular weight excluding hydrogens is 446 g/mol. The largest absolute Gasteiger partial charge is 0.468 e. The van der Waals surface area contributed by atoms with Gasteiger partial charge in [-0.3, -0.25) is 9.69 Å². The van der Waals surface area contributed by atoms with Crippen molar-refractivity contribution in [2.45, 2.75) is 30.2 Å². The van der Waals surface area contributed by atoms with E-state index in [1.54, 1.807) is 29.7 Å². The Bertz CT molecular complexity index is 1090. The van der Waals surface area contributed by atoms with Crippen LogP contribution in [0.1, 0.15) is 39.9 Å². The van der Waals surface area contributed by atoms with Crippen molar-refractivity contribution in [1.29, 1.82) is 0 Å². The summed E-state index contributed by atoms with van der Waals surface area (Å²) in [4.78, 5) is 16.3. The Kier molecular flexibility index (Phi) is 7.41. The van der Waals surface area contributed by atoms with Crippen molar-refractivity contribution in [1.82, 2.24) is 14.9 Å². The van der Waals surface area contributed by atoms with Crippen molar-refractivity contribution < 1.29 is 17.6 Å². The summed E-state index contributed by atoms with van der Waals surface area (Å²) in [5.41, 5.74) is 0.419. The van der Waals surface area contributed by atoms with E-state index in [4.69, 9.17) is 4.42 Å². The maximum atomic E-state index is 12.7. The molecule has 1 aromatic carbocycles. The molecule has 1 saturated heterocycles. The third-order valence-electron chi connectivity index (χ3n) is 5.58. The van der Waals surface area contributed by atoms with E-state index in [1.165, 1.54) is 12.1 Å². The molecule has 0 bridgehead atoms. The van der Waals surface area contributed by atoms with Crippen LogP contribution in [-0.4, -0.2) is 45.4 Å². The highest BCUT2D eigenvalue weighted by Gasteiger charge is 2.26. The summed E-state index contributed by atoms with van der Waals surface area (Å²) in [7, 11) is -3.62. The minimum absolute atomic E-state index is 0.0105. The van der Waals surface area contributed by atoms with Crippen molar-refractivity contribution in [2.75, 3.05) is 26.2 Å². The number of furan rings is 1. The van der Waals surface area contributed by atoms with E-state index in [2.05, 4.69) is 14.9 Å². The van der Waals surface area contributed by atoms with Crippen LogP contribution in [0.25, 0.3) is 0 Å². The van der Waals surface area contributed by atoms with Crippen molar-refractivity contribution in [3.63, 3.8) is 0 Å². The van der Waals surface area contributed by atoms with Crippen LogP contribution < -0.4 is 10.0 Å². The van der Waals surface area contributed by atoms with E-state index in [0.29, 0.717) is 25.1 Å². The van der Waals surface area contributed by atoms with Gasteiger partial charge in [0.15, 0.2) is 0 Å². The van der Waals surface area contributed by atoms with Crippen LogP contribution in [0.5, 0.6) is 0 Å². The van der Waals surface area contributed by atoms with Gasteiger partial charge in [-0.2, -0.15) is 0 Å². The molecule has 1 amide bonds. The first-order valence-corrected chi connectivity index (χ1v) is 13.1. The Labute approximate surface area is 192 Å². The van der Waals surface area contributed by atoms with Crippen LogP contribution in [0.2, 0.25) is 0 Å². The van der Waals surface area contributed by atoms with Gasteiger partial charge in [-0.05, 0) is 80.2 Å². The monoisotopic (exact) mass is 473 g/mol. The smallest absolute Gasteiger partial charge is 0.251 e. The van der Waals surface area contributed by atoms with Gasteiger partial charge in [-0.1, -0.05) is 6.07 Å². The van der Waals surface area contributed by atoms with Crippen LogP contribution in [0, 0.1) is 0 Å². The summed E-state index contributed by atoms with van der Waals surface area (Å²) in [6.45, 7) is 2.72. The summed E-state index contributed by atoms with van der Waals surface area (Å²) in [6.07, 6.45) is 4.57. The zero-order chi connectivity index (χ0) is 22.4. The van der Waals surface area contributed by atoms with E-state index in [-0.39, 0.29) is 16.8 Å². The molecule has 1 atom stereocenters. The van der Waals surface area contributed by atoms with Crippen LogP contribution in [0.3, 0.4) is 0 Å². The highest BCUT2D eigenvalue weighted by molar-refractivity contribution is 7.89. The maximum Gasteiger partial charge on any atom is 0.251 e. The number of hydrogen-bond donors (Lipinski definition) is 2. The zero-order valence-corrected chi connectivity index (χ0v) is 19.3. The number of sulfonamides is 1. The van der Waals surface area contributed by atoms with E-state index in [1.807, 2.05) is 29.6 Å². The van der Waals surface area contributed by atoms with Gasteiger partial charge in [0.2, 0.25) is 10.0 Å². The predicted octanol–water partition coefficient (Wildman–Crippen LogP) is 3.43. The second kappa shape index (κ2) is 10.4. The standard InChI is InChI=1S/C23H27N3O4S2/c27-23(24-17-21(22-6-3-15-30-22)26-13-1-2-14-26)18-7-9-20(10-8-18)32(28,29)25-12-11-19-5-4-16-31-19/h3-10,15-16,21,25H,1-2,11-14,17H2,(H,24,27). The molecule has 0 aliphatic carbocycles. The van der Waals surface area contributed by atoms with Crippen molar-refractivity contribution in [3.8, 4) is 0 Å². The molecule has 1 aliphatic rings. The quantitative estimate of drug-likeness (QED) is 0.471. The van der Waals surface area contributed by atoms with Gasteiger partial charge in [-0.25, -0.2) is 13.1 Å². The highest BCUT2D eigenvalue weighted by atomic mass is 32.2. The molecule has 3 heterocycles. The van der Waals surface area contributed by atoms with E-state index < -0.39 is 10.0 Å². The minimum atomic E-state index is -3.62. The Morgan fingerprint density at radius 2 is 1.88 bits per heavy atom. The molecule has 4 rings (SSSR count). The number of nitrogens with one attached hydrogen (secondary N) is 2. The molecule has 1 aliphatic heterocycles. The minimum Gasteiger partial charge on any atom is -0.468 e. The zero-order valence-electron chi connectivity index (χ0n) is 17.7. The molecule has 1 unspecified atom stereocenters. The SMILES string of the molecule is O=C(NCC(c1ccco1)N1CCCC1)c1ccc(S(=O)(=O)NCCc2cccs2)cc1. The first-order valence-electron chi connectivity index (χ1n) is 10.7. The number of thiophene rings is 1. The second-order valence-corrected chi connectivity index (χ2v) is 10.5. The molecule has 2 N–H and O–H groups in total. The molecule has 9 heteroatoms. The molecule has 3 aromatic rings. The molecule has 0 radical (unpaired) electrons. The molecule has 1 fully saturated rings. The lowest BCUT2D eigenvalue weighted by atomic mass is 10.1. The van der Waals surface area contributed by atoms with E-state index in [0.717, 1.165) is 36.6 Å². The number of amides is 1. The average Bonchev–Trinajstić information content (AvgIpc) is 3.57. The summed E-state index contributed by atoms with van der Waals surface area (Å²) < 4.78 is 33.2. The molecule has 32 heavy (non-hydrogen) atoms. The van der Waals surface area contributed by atoms with Crippen LogP contribution >= 0.6 is 11.3 Å². The molecule has 170 valence electrons. The Morgan fingerprint density at radius 3 is 2.53 bits per heavy atom. The van der Waals surface area contributed by atoms with E-state index in [9.17, 15) is 13.2 Å². The maximum absolute atomic E-state index is 12.7. The molecular formula is C23H27N3O4S2. The normalized spacial score (nSPS) is 15.6. The average molecular weight is 474 g/mol. The fraction of sp³-hybridized carbons (Fsp3) is 0.348. The Balaban J connectivity index is 1.34. The summed E-state index contributed by atoms with van der Waals surface area (Å²) >= 11 is 1.60. The highest BCUT2D eigenvalue weighted by Crippen LogP contribution is 2.25. The number of carbonyl (C=O) groups excluding carboxylic acids is 1. The lowest BCUT2D eigenvalue weighted by molar-refractivity contribution is 0.0933. The fourth-order valence-electron chi connectivity index (χ4n) is 3.87. The molecule has 2 aromatic heterocycles. The van der Waals surface area contributed by atoms with Gasteiger partial charge in [0, 0.05) is 23.5 Å². The van der Waals surface area contributed by atoms with Crippen LogP contribution in [0.15, 0.2) is 69.5 Å². The van der Waals surface area contributed by atoms with E-state index >= 15 is 0 Å². The number of likely N-dealkylation sites (tertiary alicyclic amines) is 1. The number of rotatable bonds is 10. The van der Waals surface area contributed by atoms with Gasteiger partial charge in [0.05, 0.1) is 17.2 Å². The van der Waals surface area contributed by atoms with Crippen LogP contribution in [0.4, 0.5) is 0 Å². The van der Waals surface area contributed by atoms with Crippen molar-refractivity contribution >= 4 is 27.3 Å². The summed E-state index contributed by atoms with van der Waals surface area (Å²) in [5, 5.41) is 4.94. The number of hydrogen-bond acceptors (Lipinski definition) is 6. The molecule has 0 spiro atoms. The predicted molar refractivity (Wildman–Crippen MR) is 124 cm³/mol. The molecule has 0 saturated carbocycles. The number of benzene rings is 1. The first-order chi connectivity index (χ1) is 15.5. The van der Waals surface area contributed by atoms with Gasteiger partial charge in [-0.15, -0.1) is 11.3 Å². The van der Waals surface area contributed by atoms with Gasteiger partial charge in [0.25, 0.3) is 5.91 Å². The van der Waals surface area contributed by atoms with Gasteiger partial charge < -0.3 is 9.73 Å². The lowest BCUT2D eigenvalue weighted by Gasteiger charge is -2.26. The third-order valence-corrected chi connectivity index (χ3v) is 7.99. The third kappa shape index (κ3) is 5.66. The van der Waals surface area contributed by atoms with Crippen molar-refractivity contribution in [2.24, 2.45) is 0 Å². The van der Waals surface area contributed by atoms with Gasteiger partial charge in [0.1, 0.15) is 5.76 Å². The summed E-state index contributed by atoms with van der Waals surface area (Å²) in [5.74, 6) is 0.595. The molecule has 7 nitrogen and oxygen atoms in total. The lowest BCUT2D eigenvalue weighted by Crippen LogP contribution is -2.36. The topological polar surface area (TPSA) is 91.7 Å². The summed E-state index contributed by atoms with van der Waals surface area (Å²) in [6, 6.07) is 13.7. The second-order valence-electron chi connectivity index (χ2n) is 7.74. The Morgan fingerprint density at radius 1 is 1.09 bits per heavy atom.